The molecule has 33 heavy (non-hydrogen) atoms. The molecule has 2 amide bonds. The van der Waals surface area contributed by atoms with Gasteiger partial charge in [0.05, 0.1) is 6.61 Å². The Morgan fingerprint density at radius 1 is 1.06 bits per heavy atom. The van der Waals surface area contributed by atoms with Gasteiger partial charge in [0, 0.05) is 24.0 Å². The van der Waals surface area contributed by atoms with Crippen LogP contribution in [-0.2, 0) is 14.3 Å². The molecular weight excluding hydrogens is 448 g/mol. The van der Waals surface area contributed by atoms with E-state index in [9.17, 15) is 14.4 Å². The highest BCUT2D eigenvalue weighted by Gasteiger charge is 2.25. The normalized spacial score (nSPS) is 15.6. The number of carbonyl (C=O) groups is 3. The van der Waals surface area contributed by atoms with Crippen LogP contribution >= 0.6 is 11.3 Å². The Morgan fingerprint density at radius 2 is 1.82 bits per heavy atom. The molecule has 0 spiro atoms. The van der Waals surface area contributed by atoms with E-state index in [2.05, 4.69) is 5.32 Å². The van der Waals surface area contributed by atoms with Crippen molar-refractivity contribution in [3.63, 3.8) is 0 Å². The molecule has 4 rings (SSSR count). The number of rotatable bonds is 6. The van der Waals surface area contributed by atoms with E-state index in [1.54, 1.807) is 17.9 Å². The van der Waals surface area contributed by atoms with E-state index in [1.807, 2.05) is 24.3 Å². The average Bonchev–Trinajstić information content (AvgIpc) is 3.33. The standard InChI is InChI=1S/C23H26N2O7S/c1-2-29-23(28)25-9-7-16(8-10-25)24-21(26)14-32-22(27)20-6-5-19(33-20)15-3-4-17-18(13-15)31-12-11-30-17/h3-6,13,16H,2,7-12,14H2,1H3,(H,24,26). The molecule has 0 aliphatic carbocycles. The largest absolute Gasteiger partial charge is 0.486 e. The Kier molecular flexibility index (Phi) is 7.33. The number of piperidine rings is 1. The van der Waals surface area contributed by atoms with Crippen molar-refractivity contribution in [2.45, 2.75) is 25.8 Å². The minimum absolute atomic E-state index is 0.0644. The molecule has 1 aromatic carbocycles. The maximum Gasteiger partial charge on any atom is 0.409 e. The molecule has 3 heterocycles. The van der Waals surface area contributed by atoms with Gasteiger partial charge in [-0.25, -0.2) is 9.59 Å². The second-order valence-electron chi connectivity index (χ2n) is 7.63. The van der Waals surface area contributed by atoms with E-state index in [0.717, 1.165) is 10.4 Å². The van der Waals surface area contributed by atoms with Crippen molar-refractivity contribution in [1.29, 1.82) is 0 Å². The summed E-state index contributed by atoms with van der Waals surface area (Å²) in [4.78, 5) is 39.3. The van der Waals surface area contributed by atoms with E-state index < -0.39 is 5.97 Å². The number of hydrogen-bond donors (Lipinski definition) is 1. The van der Waals surface area contributed by atoms with Crippen LogP contribution in [0.5, 0.6) is 11.5 Å². The van der Waals surface area contributed by atoms with Gasteiger partial charge in [-0.2, -0.15) is 0 Å². The monoisotopic (exact) mass is 474 g/mol. The van der Waals surface area contributed by atoms with Gasteiger partial charge >= 0.3 is 12.1 Å². The molecule has 10 heteroatoms. The van der Waals surface area contributed by atoms with Crippen molar-refractivity contribution >= 4 is 29.3 Å². The van der Waals surface area contributed by atoms with E-state index >= 15 is 0 Å². The molecule has 176 valence electrons. The highest BCUT2D eigenvalue weighted by Crippen LogP contribution is 2.37. The van der Waals surface area contributed by atoms with Gasteiger partial charge in [-0.15, -0.1) is 11.3 Å². The molecule has 2 aromatic rings. The lowest BCUT2D eigenvalue weighted by Crippen LogP contribution is -2.47. The summed E-state index contributed by atoms with van der Waals surface area (Å²) < 4.78 is 21.3. The van der Waals surface area contributed by atoms with E-state index in [0.29, 0.717) is 62.1 Å². The molecular formula is C23H26N2O7S. The van der Waals surface area contributed by atoms with Gasteiger partial charge in [-0.1, -0.05) is 0 Å². The van der Waals surface area contributed by atoms with Crippen LogP contribution in [0.15, 0.2) is 30.3 Å². The van der Waals surface area contributed by atoms with Gasteiger partial charge in [0.15, 0.2) is 18.1 Å². The highest BCUT2D eigenvalue weighted by molar-refractivity contribution is 7.17. The third-order valence-corrected chi connectivity index (χ3v) is 6.47. The van der Waals surface area contributed by atoms with Gasteiger partial charge in [0.1, 0.15) is 18.1 Å². The summed E-state index contributed by atoms with van der Waals surface area (Å²) in [7, 11) is 0. The van der Waals surface area contributed by atoms with Crippen LogP contribution in [0, 0.1) is 0 Å². The van der Waals surface area contributed by atoms with Gasteiger partial charge in [-0.05, 0) is 55.7 Å². The van der Waals surface area contributed by atoms with Gasteiger partial charge < -0.3 is 29.2 Å². The maximum atomic E-state index is 12.4. The van der Waals surface area contributed by atoms with E-state index in [-0.39, 0.29) is 24.6 Å². The molecule has 0 bridgehead atoms. The predicted molar refractivity (Wildman–Crippen MR) is 121 cm³/mol. The fourth-order valence-corrected chi connectivity index (χ4v) is 4.59. The highest BCUT2D eigenvalue weighted by atomic mass is 32.1. The molecule has 0 saturated carbocycles. The number of nitrogens with one attached hydrogen (secondary N) is 1. The summed E-state index contributed by atoms with van der Waals surface area (Å²) in [5.74, 6) is 0.484. The third kappa shape index (κ3) is 5.75. The molecule has 9 nitrogen and oxygen atoms in total. The minimum atomic E-state index is -0.545. The molecule has 0 atom stereocenters. The van der Waals surface area contributed by atoms with E-state index in [4.69, 9.17) is 18.9 Å². The second-order valence-corrected chi connectivity index (χ2v) is 8.71. The van der Waals surface area contributed by atoms with Crippen LogP contribution in [-0.4, -0.2) is 68.4 Å². The number of fused-ring (bicyclic) bond motifs is 1. The van der Waals surface area contributed by atoms with Crippen LogP contribution in [0.25, 0.3) is 10.4 Å². The predicted octanol–water partition coefficient (Wildman–Crippen LogP) is 3.08. The Labute approximate surface area is 195 Å². The smallest absolute Gasteiger partial charge is 0.409 e. The van der Waals surface area contributed by atoms with Gasteiger partial charge in [-0.3, -0.25) is 4.79 Å². The van der Waals surface area contributed by atoms with Crippen molar-refractivity contribution < 1.29 is 33.3 Å². The van der Waals surface area contributed by atoms with Gasteiger partial charge in [0.2, 0.25) is 0 Å². The molecule has 2 aliphatic rings. The first-order valence-electron chi connectivity index (χ1n) is 10.9. The van der Waals surface area contributed by atoms with Crippen LogP contribution in [0.3, 0.4) is 0 Å². The first-order chi connectivity index (χ1) is 16.0. The molecule has 0 radical (unpaired) electrons. The molecule has 1 N–H and O–H groups in total. The molecule has 0 unspecified atom stereocenters. The molecule has 2 aliphatic heterocycles. The summed E-state index contributed by atoms with van der Waals surface area (Å²) in [6, 6.07) is 9.10. The van der Waals surface area contributed by atoms with Gasteiger partial charge in [0.25, 0.3) is 5.91 Å². The first-order valence-corrected chi connectivity index (χ1v) is 11.7. The van der Waals surface area contributed by atoms with Crippen LogP contribution < -0.4 is 14.8 Å². The Bertz CT molecular complexity index is 1010. The second kappa shape index (κ2) is 10.6. The number of esters is 1. The quantitative estimate of drug-likeness (QED) is 0.642. The van der Waals surface area contributed by atoms with Crippen molar-refractivity contribution in [2.75, 3.05) is 39.5 Å². The molecule has 1 aromatic heterocycles. The Balaban J connectivity index is 1.24. The zero-order valence-electron chi connectivity index (χ0n) is 18.3. The maximum absolute atomic E-state index is 12.4. The van der Waals surface area contributed by atoms with E-state index in [1.165, 1.54) is 11.3 Å². The third-order valence-electron chi connectivity index (χ3n) is 5.35. The number of carbonyl (C=O) groups excluding carboxylic acids is 3. The zero-order valence-corrected chi connectivity index (χ0v) is 19.2. The molecule has 1 fully saturated rings. The lowest BCUT2D eigenvalue weighted by atomic mass is 10.1. The fraction of sp³-hybridized carbons (Fsp3) is 0.435. The number of nitrogens with zero attached hydrogens (tertiary/aromatic N) is 1. The van der Waals surface area contributed by atoms with Crippen molar-refractivity contribution in [3.8, 4) is 21.9 Å². The number of benzene rings is 1. The number of thiophene rings is 1. The Morgan fingerprint density at radius 3 is 2.58 bits per heavy atom. The summed E-state index contributed by atoms with van der Waals surface area (Å²) in [5, 5.41) is 2.86. The van der Waals surface area contributed by atoms with Crippen LogP contribution in [0.2, 0.25) is 0 Å². The molecule has 1 saturated heterocycles. The number of ether oxygens (including phenoxy) is 4. The number of amides is 2. The fourth-order valence-electron chi connectivity index (χ4n) is 3.69. The van der Waals surface area contributed by atoms with Crippen LogP contribution in [0.4, 0.5) is 4.79 Å². The Hall–Kier alpha value is -3.27. The summed E-state index contributed by atoms with van der Waals surface area (Å²) >= 11 is 1.29. The average molecular weight is 475 g/mol. The van der Waals surface area contributed by atoms with Crippen molar-refractivity contribution in [3.05, 3.63) is 35.2 Å². The number of likely N-dealkylation sites (tertiary alicyclic amines) is 1. The summed E-state index contributed by atoms with van der Waals surface area (Å²) in [5.41, 5.74) is 0.912. The lowest BCUT2D eigenvalue weighted by molar-refractivity contribution is -0.125. The van der Waals surface area contributed by atoms with Crippen LogP contribution in [0.1, 0.15) is 29.4 Å². The summed E-state index contributed by atoms with van der Waals surface area (Å²) in [6.45, 7) is 3.81. The van der Waals surface area contributed by atoms with Crippen molar-refractivity contribution in [2.24, 2.45) is 0 Å². The zero-order chi connectivity index (χ0) is 23.2. The minimum Gasteiger partial charge on any atom is -0.486 e. The lowest BCUT2D eigenvalue weighted by Gasteiger charge is -2.31. The van der Waals surface area contributed by atoms with Crippen molar-refractivity contribution in [1.82, 2.24) is 10.2 Å². The summed E-state index contributed by atoms with van der Waals surface area (Å²) in [6.07, 6.45) is 0.924. The topological polar surface area (TPSA) is 103 Å². The number of hydrogen-bond acceptors (Lipinski definition) is 8. The first kappa shape index (κ1) is 22.9. The SMILES string of the molecule is CCOC(=O)N1CCC(NC(=O)COC(=O)c2ccc(-c3ccc4c(c3)OCCO4)s2)CC1.